The highest BCUT2D eigenvalue weighted by Crippen LogP contribution is 2.09. The van der Waals surface area contributed by atoms with Crippen LogP contribution in [-0.2, 0) is 6.42 Å². The van der Waals surface area contributed by atoms with Crippen LogP contribution in [0.1, 0.15) is 17.5 Å². The fourth-order valence-corrected chi connectivity index (χ4v) is 1.53. The smallest absolute Gasteiger partial charge is 0.000156 e. The van der Waals surface area contributed by atoms with Crippen LogP contribution in [0.5, 0.6) is 0 Å². The molecule has 0 amide bonds. The molecule has 0 N–H and O–H groups in total. The van der Waals surface area contributed by atoms with Crippen molar-refractivity contribution in [3.63, 3.8) is 0 Å². The number of rotatable bonds is 3. The fourth-order valence-electron chi connectivity index (χ4n) is 1.15. The first-order chi connectivity index (χ1) is 5.34. The van der Waals surface area contributed by atoms with Gasteiger partial charge >= 0.3 is 0 Å². The lowest BCUT2D eigenvalue weighted by Crippen LogP contribution is -1.88. The van der Waals surface area contributed by atoms with Crippen LogP contribution in [-0.4, -0.2) is 4.43 Å². The summed E-state index contributed by atoms with van der Waals surface area (Å²) in [6.45, 7) is 2.18. The van der Waals surface area contributed by atoms with Crippen LogP contribution in [0.15, 0.2) is 24.3 Å². The third kappa shape index (κ3) is 2.81. The van der Waals surface area contributed by atoms with Crippen molar-refractivity contribution < 1.29 is 0 Å². The molecule has 0 saturated carbocycles. The van der Waals surface area contributed by atoms with Gasteiger partial charge < -0.3 is 0 Å². The summed E-state index contributed by atoms with van der Waals surface area (Å²) in [5.74, 6) is 0. The summed E-state index contributed by atoms with van der Waals surface area (Å²) < 4.78 is 1.26. The average molecular weight is 260 g/mol. The van der Waals surface area contributed by atoms with Gasteiger partial charge in [-0.25, -0.2) is 0 Å². The lowest BCUT2D eigenvalue weighted by Gasteiger charge is -2.02. The summed E-state index contributed by atoms with van der Waals surface area (Å²) in [4.78, 5) is 0. The molecule has 0 aliphatic heterocycles. The van der Waals surface area contributed by atoms with E-state index in [2.05, 4.69) is 53.8 Å². The SMILES string of the molecule is Cc1ccccc1CCCI. The summed E-state index contributed by atoms with van der Waals surface area (Å²) in [6.07, 6.45) is 2.53. The molecular weight excluding hydrogens is 247 g/mol. The molecule has 1 rings (SSSR count). The van der Waals surface area contributed by atoms with Crippen molar-refractivity contribution in [2.45, 2.75) is 19.8 Å². The fraction of sp³-hybridized carbons (Fsp3) is 0.400. The highest BCUT2D eigenvalue weighted by Gasteiger charge is 1.94. The second kappa shape index (κ2) is 4.75. The molecule has 0 aliphatic rings. The van der Waals surface area contributed by atoms with E-state index in [0.717, 1.165) is 0 Å². The average Bonchev–Trinajstić information content (AvgIpc) is 2.03. The first-order valence-corrected chi connectivity index (χ1v) is 5.47. The normalized spacial score (nSPS) is 10.0. The van der Waals surface area contributed by atoms with E-state index in [1.807, 2.05) is 0 Å². The highest BCUT2D eigenvalue weighted by molar-refractivity contribution is 14.1. The molecule has 11 heavy (non-hydrogen) atoms. The van der Waals surface area contributed by atoms with Gasteiger partial charge in [0, 0.05) is 0 Å². The Morgan fingerprint density at radius 1 is 1.27 bits per heavy atom. The maximum Gasteiger partial charge on any atom is -0.000156 e. The van der Waals surface area contributed by atoms with Crippen LogP contribution >= 0.6 is 22.6 Å². The quantitative estimate of drug-likeness (QED) is 0.577. The van der Waals surface area contributed by atoms with Gasteiger partial charge in [-0.3, -0.25) is 0 Å². The van der Waals surface area contributed by atoms with Crippen LogP contribution in [0.3, 0.4) is 0 Å². The predicted molar refractivity (Wildman–Crippen MR) is 58.4 cm³/mol. The summed E-state index contributed by atoms with van der Waals surface area (Å²) in [7, 11) is 0. The third-order valence-corrected chi connectivity index (χ3v) is 2.60. The van der Waals surface area contributed by atoms with Crippen molar-refractivity contribution in [3.8, 4) is 0 Å². The van der Waals surface area contributed by atoms with Crippen molar-refractivity contribution in [3.05, 3.63) is 35.4 Å². The van der Waals surface area contributed by atoms with Crippen LogP contribution in [0.4, 0.5) is 0 Å². The van der Waals surface area contributed by atoms with Gasteiger partial charge in [0.2, 0.25) is 0 Å². The second-order valence-electron chi connectivity index (χ2n) is 2.72. The lowest BCUT2D eigenvalue weighted by atomic mass is 10.1. The molecule has 0 bridgehead atoms. The Hall–Kier alpha value is -0.0500. The minimum absolute atomic E-state index is 1.23. The molecule has 0 saturated heterocycles. The van der Waals surface area contributed by atoms with E-state index in [4.69, 9.17) is 0 Å². The number of hydrogen-bond donors (Lipinski definition) is 0. The van der Waals surface area contributed by atoms with Crippen LogP contribution in [0.25, 0.3) is 0 Å². The molecule has 0 fully saturated rings. The topological polar surface area (TPSA) is 0 Å². The number of hydrogen-bond acceptors (Lipinski definition) is 0. The Morgan fingerprint density at radius 3 is 2.64 bits per heavy atom. The van der Waals surface area contributed by atoms with Crippen molar-refractivity contribution in [1.29, 1.82) is 0 Å². The van der Waals surface area contributed by atoms with Crippen LogP contribution in [0, 0.1) is 6.92 Å². The first kappa shape index (κ1) is 9.04. The zero-order chi connectivity index (χ0) is 8.10. The van der Waals surface area contributed by atoms with E-state index >= 15 is 0 Å². The van der Waals surface area contributed by atoms with E-state index in [1.165, 1.54) is 28.4 Å². The van der Waals surface area contributed by atoms with Crippen LogP contribution in [0.2, 0.25) is 0 Å². The summed E-state index contributed by atoms with van der Waals surface area (Å²) in [5, 5.41) is 0. The molecule has 1 aromatic carbocycles. The monoisotopic (exact) mass is 260 g/mol. The molecular formula is C10H13I. The number of alkyl halides is 1. The van der Waals surface area contributed by atoms with E-state index in [1.54, 1.807) is 0 Å². The molecule has 0 spiro atoms. The van der Waals surface area contributed by atoms with Crippen molar-refractivity contribution >= 4 is 22.6 Å². The van der Waals surface area contributed by atoms with Gasteiger partial charge in [0.15, 0.2) is 0 Å². The second-order valence-corrected chi connectivity index (χ2v) is 3.80. The summed E-state index contributed by atoms with van der Waals surface area (Å²) in [6, 6.07) is 8.63. The molecule has 0 heterocycles. The predicted octanol–water partition coefficient (Wildman–Crippen LogP) is 3.36. The zero-order valence-corrected chi connectivity index (χ0v) is 8.97. The maximum atomic E-state index is 2.43. The molecule has 0 unspecified atom stereocenters. The van der Waals surface area contributed by atoms with E-state index in [9.17, 15) is 0 Å². The molecule has 60 valence electrons. The molecule has 0 atom stereocenters. The van der Waals surface area contributed by atoms with Gasteiger partial charge in [0.25, 0.3) is 0 Å². The highest BCUT2D eigenvalue weighted by atomic mass is 127. The van der Waals surface area contributed by atoms with E-state index < -0.39 is 0 Å². The van der Waals surface area contributed by atoms with Gasteiger partial charge in [0.1, 0.15) is 0 Å². The molecule has 0 aliphatic carbocycles. The Labute approximate surface area is 82.2 Å². The van der Waals surface area contributed by atoms with Crippen LogP contribution < -0.4 is 0 Å². The molecule has 1 heteroatoms. The van der Waals surface area contributed by atoms with E-state index in [0.29, 0.717) is 0 Å². The number of halogens is 1. The maximum absolute atomic E-state index is 2.43. The van der Waals surface area contributed by atoms with Gasteiger partial charge in [-0.1, -0.05) is 46.9 Å². The Morgan fingerprint density at radius 2 is 2.00 bits per heavy atom. The van der Waals surface area contributed by atoms with Gasteiger partial charge in [-0.2, -0.15) is 0 Å². The number of benzene rings is 1. The van der Waals surface area contributed by atoms with Crippen molar-refractivity contribution in [1.82, 2.24) is 0 Å². The van der Waals surface area contributed by atoms with Crippen molar-refractivity contribution in [2.75, 3.05) is 4.43 Å². The largest absolute Gasteiger partial charge is 0.0864 e. The number of aryl methyl sites for hydroxylation is 2. The summed E-state index contributed by atoms with van der Waals surface area (Å²) in [5.41, 5.74) is 2.93. The molecule has 1 aromatic rings. The lowest BCUT2D eigenvalue weighted by molar-refractivity contribution is 0.935. The third-order valence-electron chi connectivity index (χ3n) is 1.84. The van der Waals surface area contributed by atoms with Gasteiger partial charge in [-0.15, -0.1) is 0 Å². The minimum atomic E-state index is 1.23. The Bertz CT molecular complexity index is 218. The summed E-state index contributed by atoms with van der Waals surface area (Å²) >= 11 is 2.43. The Balaban J connectivity index is 2.62. The molecule has 0 nitrogen and oxygen atoms in total. The molecule has 0 aromatic heterocycles. The standard InChI is InChI=1S/C10H13I/c1-9-5-2-3-6-10(9)7-4-8-11/h2-3,5-6H,4,7-8H2,1H3. The van der Waals surface area contributed by atoms with Gasteiger partial charge in [-0.05, 0) is 35.3 Å². The minimum Gasteiger partial charge on any atom is -0.0864 e. The van der Waals surface area contributed by atoms with E-state index in [-0.39, 0.29) is 0 Å². The molecule has 0 radical (unpaired) electrons. The van der Waals surface area contributed by atoms with Crippen molar-refractivity contribution in [2.24, 2.45) is 0 Å². The zero-order valence-electron chi connectivity index (χ0n) is 6.81. The van der Waals surface area contributed by atoms with Gasteiger partial charge in [0.05, 0.1) is 0 Å². The first-order valence-electron chi connectivity index (χ1n) is 3.95. The Kier molecular flexibility index (Phi) is 3.91.